The molecule has 4 saturated heterocycles. The number of fused-ring (bicyclic) bond motifs is 4. The van der Waals surface area contributed by atoms with Crippen LogP contribution in [0, 0.1) is 42.9 Å². The van der Waals surface area contributed by atoms with Crippen LogP contribution in [0.25, 0.3) is 33.2 Å². The van der Waals surface area contributed by atoms with Crippen molar-refractivity contribution >= 4 is 123 Å². The van der Waals surface area contributed by atoms with E-state index in [-0.39, 0.29) is 119 Å². The molecule has 0 radical (unpaired) electrons. The van der Waals surface area contributed by atoms with E-state index in [9.17, 15) is 56.2 Å². The summed E-state index contributed by atoms with van der Waals surface area (Å²) in [5.41, 5.74) is 10.8. The molecule has 4 fully saturated rings. The highest BCUT2D eigenvalue weighted by Crippen LogP contribution is 2.48. The molecular formula is C98H108Cl2N14O16S2. The molecule has 0 spiro atoms. The Hall–Kier alpha value is -11.9. The highest BCUT2D eigenvalue weighted by molar-refractivity contribution is 7.90. The van der Waals surface area contributed by atoms with Crippen molar-refractivity contribution in [3.05, 3.63) is 233 Å². The van der Waals surface area contributed by atoms with Gasteiger partial charge in [0.2, 0.25) is 11.8 Å². The molecule has 30 nitrogen and oxygen atoms in total. The average molecular weight is 1870 g/mol. The Morgan fingerprint density at radius 2 is 0.886 bits per heavy atom. The van der Waals surface area contributed by atoms with Crippen molar-refractivity contribution in [2.45, 2.75) is 140 Å². The molecule has 4 N–H and O–H groups in total. The molecule has 0 saturated carbocycles. The minimum Gasteiger partial charge on any atom is -0.493 e. The fraction of sp³-hybridized carbons (Fsp3) is 0.408. The Balaban J connectivity index is 0.000000184. The van der Waals surface area contributed by atoms with Crippen molar-refractivity contribution in [1.82, 2.24) is 49.0 Å². The number of carbonyl (C=O) groups is 4. The Kier molecular flexibility index (Phi) is 27.2. The van der Waals surface area contributed by atoms with Gasteiger partial charge in [-0.15, -0.1) is 0 Å². The number of allylic oxidation sites excluding steroid dienone is 2. The molecule has 692 valence electrons. The molecule has 0 bridgehead atoms. The maximum Gasteiger partial charge on any atom is 0.277 e. The predicted molar refractivity (Wildman–Crippen MR) is 506 cm³/mol. The van der Waals surface area contributed by atoms with Gasteiger partial charge in [0, 0.05) is 197 Å². The Morgan fingerprint density at radius 1 is 0.500 bits per heavy atom. The van der Waals surface area contributed by atoms with E-state index in [2.05, 4.69) is 101 Å². The lowest BCUT2D eigenvalue weighted by Gasteiger charge is -2.39. The summed E-state index contributed by atoms with van der Waals surface area (Å²) in [6.45, 7) is 20.1. The summed E-state index contributed by atoms with van der Waals surface area (Å²) >= 11 is 12.5. The van der Waals surface area contributed by atoms with Crippen LogP contribution in [-0.4, -0.2) is 195 Å². The molecule has 2 atom stereocenters. The zero-order valence-electron chi connectivity index (χ0n) is 74.4. The lowest BCUT2D eigenvalue weighted by Crippen LogP contribution is -2.47. The first-order chi connectivity index (χ1) is 63.3. The van der Waals surface area contributed by atoms with E-state index in [1.54, 1.807) is 48.8 Å². The number of sulfonamides is 2. The fourth-order valence-corrected chi connectivity index (χ4v) is 21.6. The van der Waals surface area contributed by atoms with E-state index in [1.807, 2.05) is 46.2 Å². The highest BCUT2D eigenvalue weighted by atomic mass is 35.5. The van der Waals surface area contributed by atoms with Gasteiger partial charge in [-0.2, -0.15) is 0 Å². The molecule has 132 heavy (non-hydrogen) atoms. The number of carbonyl (C=O) groups excluding carboxylic acids is 4. The average Bonchev–Trinajstić information content (AvgIpc) is 0.950. The lowest BCUT2D eigenvalue weighted by molar-refractivity contribution is -0.386. The number of nitrogens with one attached hydrogen (secondary N) is 4. The summed E-state index contributed by atoms with van der Waals surface area (Å²) in [5.74, 6) is -1.72. The van der Waals surface area contributed by atoms with E-state index in [0.29, 0.717) is 75.2 Å². The number of likely N-dealkylation sites (tertiary alicyclic amines) is 2. The monoisotopic (exact) mass is 1870 g/mol. The second-order valence-electron chi connectivity index (χ2n) is 37.4. The standard InChI is InChI=1S/2C49H54ClN7O8S/c2*1-49(2)14-12-35(42(28-49)33-6-8-36(50)9-7-33)30-54-18-20-55(21-19-54)37-10-11-40(45(25-37)65-38-24-34-13-15-51-47(34)52-29-38)48(59)53-66(62,63)39-26-43(57(60)61)41-22-32(31-64-44(41)27-39)23-46(58)56-16-4-3-5-17-56/h2*6-11,13,15,24-27,29,32H,3-5,12,14,16-23,28,30-31H2,1-2H3,(H,51,52)(H,53,59)/t2*32-/m10/s1. The number of pyridine rings is 2. The number of nitro benzene ring substituents is 2. The number of anilines is 2. The largest absolute Gasteiger partial charge is 0.493 e. The zero-order chi connectivity index (χ0) is 92.3. The van der Waals surface area contributed by atoms with Crippen LogP contribution >= 0.6 is 23.2 Å². The van der Waals surface area contributed by atoms with Gasteiger partial charge in [0.1, 0.15) is 45.8 Å². The maximum absolute atomic E-state index is 14.1. The van der Waals surface area contributed by atoms with Crippen LogP contribution in [0.5, 0.6) is 34.5 Å². The quantitative estimate of drug-likeness (QED) is 0.0322. The second-order valence-corrected chi connectivity index (χ2v) is 41.6. The number of halogens is 2. The number of nitrogens with zero attached hydrogens (tertiary/aromatic N) is 10. The van der Waals surface area contributed by atoms with Crippen molar-refractivity contribution in [1.29, 1.82) is 0 Å². The summed E-state index contributed by atoms with van der Waals surface area (Å²) in [6.07, 6.45) is 19.5. The number of ether oxygens (including phenoxy) is 4. The van der Waals surface area contributed by atoms with Gasteiger partial charge in [0.25, 0.3) is 43.2 Å². The van der Waals surface area contributed by atoms with Crippen molar-refractivity contribution in [2.24, 2.45) is 22.7 Å². The summed E-state index contributed by atoms with van der Waals surface area (Å²) in [5, 5.41) is 27.8. The van der Waals surface area contributed by atoms with Crippen LogP contribution in [-0.2, 0) is 42.5 Å². The normalized spacial score (nSPS) is 19.0. The minimum absolute atomic E-state index is 0.0199. The number of rotatable bonds is 24. The SMILES string of the molecule is CC1(C)CCC(CN2CCN(c3ccc(C(=O)NS(=O)(=O)c4cc5c(c([N+](=O)[O-])c4)C[C@@H](CC(=O)N4CCCCC4)CO5)c(Oc4cnc5[nH]ccc5c4)c3)CC2)=C(c2ccc(Cl)cc2)C1.CC1(C)CCC(CN2CCN(c3ccc(C(=O)NS(=O)(=O)c4cc5c(c([N+](=O)[O-])c4)C[C@H](CC(=O)N4CCCCC4)CO5)c(Oc4cnc5[nH]ccc5c4)c3)CC2)=C(c2ccc(Cl)cc2)C1. The highest BCUT2D eigenvalue weighted by Gasteiger charge is 2.39. The molecule has 0 unspecified atom stereocenters. The lowest BCUT2D eigenvalue weighted by atomic mass is 9.72. The molecule has 10 heterocycles. The minimum atomic E-state index is -4.68. The van der Waals surface area contributed by atoms with Crippen LogP contribution < -0.4 is 38.2 Å². The number of benzene rings is 6. The Morgan fingerprint density at radius 3 is 1.27 bits per heavy atom. The number of hydrogen-bond acceptors (Lipinski definition) is 22. The number of H-pyrrole nitrogens is 2. The first-order valence-electron chi connectivity index (χ1n) is 45.3. The van der Waals surface area contributed by atoms with Crippen molar-refractivity contribution in [3.8, 4) is 34.5 Å². The number of piperidine rings is 2. The number of hydrogen-bond donors (Lipinski definition) is 4. The third-order valence-electron chi connectivity index (χ3n) is 26.8. The van der Waals surface area contributed by atoms with Gasteiger partial charge in [0.15, 0.2) is 0 Å². The Bertz CT molecular complexity index is 6010. The molecular weight excluding hydrogens is 1760 g/mol. The summed E-state index contributed by atoms with van der Waals surface area (Å²) < 4.78 is 84.5. The summed E-state index contributed by atoms with van der Waals surface area (Å²) in [4.78, 5) is 105. The van der Waals surface area contributed by atoms with Gasteiger partial charge >= 0.3 is 0 Å². The first-order valence-corrected chi connectivity index (χ1v) is 49.0. The van der Waals surface area contributed by atoms with Crippen LogP contribution in [0.15, 0.2) is 179 Å². The Labute approximate surface area is 776 Å². The van der Waals surface area contributed by atoms with E-state index in [0.717, 1.165) is 161 Å². The maximum atomic E-state index is 14.1. The molecule has 6 aromatic carbocycles. The summed E-state index contributed by atoms with van der Waals surface area (Å²) in [6, 6.07) is 37.8. The third-order valence-corrected chi connectivity index (χ3v) is 29.9. The first kappa shape index (κ1) is 91.9. The molecule has 4 aromatic heterocycles. The number of aromatic nitrogens is 4. The van der Waals surface area contributed by atoms with Crippen LogP contribution in [0.3, 0.4) is 0 Å². The van der Waals surface area contributed by atoms with E-state index >= 15 is 0 Å². The molecule has 18 rings (SSSR count). The van der Waals surface area contributed by atoms with Crippen LogP contribution in [0.4, 0.5) is 22.7 Å². The van der Waals surface area contributed by atoms with Crippen molar-refractivity contribution in [2.75, 3.05) is 115 Å². The molecule has 8 aliphatic rings. The van der Waals surface area contributed by atoms with Gasteiger partial charge in [-0.25, -0.2) is 36.2 Å². The van der Waals surface area contributed by atoms with E-state index < -0.39 is 62.9 Å². The number of nitro groups is 2. The second kappa shape index (κ2) is 39.1. The van der Waals surface area contributed by atoms with E-state index in [1.165, 1.54) is 70.1 Å². The number of aromatic amines is 2. The van der Waals surface area contributed by atoms with E-state index in [4.69, 9.17) is 42.1 Å². The molecule has 10 aromatic rings. The van der Waals surface area contributed by atoms with Crippen molar-refractivity contribution in [3.63, 3.8) is 0 Å². The van der Waals surface area contributed by atoms with Gasteiger partial charge in [-0.05, 0) is 196 Å². The van der Waals surface area contributed by atoms with Crippen LogP contribution in [0.1, 0.15) is 161 Å². The molecule has 34 heteroatoms. The fourth-order valence-electron chi connectivity index (χ4n) is 19.4. The molecule has 2 aliphatic carbocycles. The van der Waals surface area contributed by atoms with Gasteiger partial charge in [-0.1, -0.05) is 86.3 Å². The molecule has 4 amide bonds. The van der Waals surface area contributed by atoms with Gasteiger partial charge in [0.05, 0.1) is 67.5 Å². The zero-order valence-corrected chi connectivity index (χ0v) is 77.5. The third kappa shape index (κ3) is 21.5. The number of amides is 4. The number of piperazine rings is 2. The van der Waals surface area contributed by atoms with Gasteiger partial charge < -0.3 is 48.5 Å². The predicted octanol–water partition coefficient (Wildman–Crippen LogP) is 17.6. The topological polar surface area (TPSA) is 361 Å². The van der Waals surface area contributed by atoms with Crippen LogP contribution in [0.2, 0.25) is 10.0 Å². The van der Waals surface area contributed by atoms with Gasteiger partial charge in [-0.3, -0.25) is 49.2 Å². The summed E-state index contributed by atoms with van der Waals surface area (Å²) in [7, 11) is -9.35. The smallest absolute Gasteiger partial charge is 0.277 e. The van der Waals surface area contributed by atoms with Crippen molar-refractivity contribution < 1.29 is 64.8 Å². The molecule has 6 aliphatic heterocycles.